The number of ether oxygens (including phenoxy) is 3. The van der Waals surface area contributed by atoms with E-state index in [1.807, 2.05) is 6.92 Å². The number of morpholine rings is 1. The normalized spacial score (nSPS) is 14.8. The highest BCUT2D eigenvalue weighted by Gasteiger charge is 2.24. The van der Waals surface area contributed by atoms with Crippen molar-refractivity contribution < 1.29 is 23.8 Å². The van der Waals surface area contributed by atoms with E-state index in [9.17, 15) is 9.59 Å². The van der Waals surface area contributed by atoms with E-state index in [0.29, 0.717) is 55.5 Å². The zero-order valence-corrected chi connectivity index (χ0v) is 16.7. The highest BCUT2D eigenvalue weighted by molar-refractivity contribution is 6.04. The lowest BCUT2D eigenvalue weighted by Crippen LogP contribution is -2.41. The summed E-state index contributed by atoms with van der Waals surface area (Å²) >= 11 is 0. The first kappa shape index (κ1) is 20.7. The van der Waals surface area contributed by atoms with Crippen LogP contribution in [0.2, 0.25) is 0 Å². The average Bonchev–Trinajstić information content (AvgIpc) is 2.78. The Labute approximate surface area is 170 Å². The van der Waals surface area contributed by atoms with Gasteiger partial charge in [0.1, 0.15) is 11.5 Å². The van der Waals surface area contributed by atoms with Crippen LogP contribution in [-0.2, 0) is 9.53 Å². The van der Waals surface area contributed by atoms with Crippen LogP contribution < -0.4 is 14.8 Å². The predicted molar refractivity (Wildman–Crippen MR) is 109 cm³/mol. The summed E-state index contributed by atoms with van der Waals surface area (Å²) in [7, 11) is 1.57. The molecule has 2 aromatic carbocycles. The number of nitrogens with zero attached hydrogens (tertiary/aromatic N) is 1. The molecule has 0 saturated carbocycles. The van der Waals surface area contributed by atoms with Crippen molar-refractivity contribution in [2.45, 2.75) is 19.4 Å². The summed E-state index contributed by atoms with van der Waals surface area (Å²) in [6, 6.07) is 14.1. The lowest BCUT2D eigenvalue weighted by atomic mass is 10.1. The second-order valence-electron chi connectivity index (χ2n) is 6.63. The fraction of sp³-hybridized carbons (Fsp3) is 0.364. The van der Waals surface area contributed by atoms with E-state index in [4.69, 9.17) is 14.2 Å². The Morgan fingerprint density at radius 3 is 2.55 bits per heavy atom. The fourth-order valence-electron chi connectivity index (χ4n) is 3.09. The molecule has 0 spiro atoms. The molecule has 2 aromatic rings. The summed E-state index contributed by atoms with van der Waals surface area (Å²) in [5, 5.41) is 2.86. The van der Waals surface area contributed by atoms with Crippen LogP contribution in [0.1, 0.15) is 23.7 Å². The Kier molecular flexibility index (Phi) is 7.08. The number of nitrogens with one attached hydrogen (secondary N) is 1. The molecule has 1 fully saturated rings. The van der Waals surface area contributed by atoms with Crippen molar-refractivity contribution in [3.05, 3.63) is 54.1 Å². The van der Waals surface area contributed by atoms with Gasteiger partial charge in [0.15, 0.2) is 6.10 Å². The molecule has 2 amide bonds. The number of methoxy groups -OCH3 is 1. The fourth-order valence-corrected chi connectivity index (χ4v) is 3.09. The Balaban J connectivity index is 1.72. The lowest BCUT2D eigenvalue weighted by Gasteiger charge is -2.27. The Hall–Kier alpha value is -3.06. The van der Waals surface area contributed by atoms with Gasteiger partial charge in [-0.1, -0.05) is 25.1 Å². The summed E-state index contributed by atoms with van der Waals surface area (Å²) in [4.78, 5) is 27.5. The number of anilines is 1. The maximum absolute atomic E-state index is 12.9. The number of carbonyl (C=O) groups is 2. The standard InChI is InChI=1S/C22H26N2O5/c1-3-20(29-17-8-6-7-16(15-17)27-2)21(25)23-19-10-5-4-9-18(19)22(26)24-11-13-28-14-12-24/h4-10,15,20H,3,11-14H2,1-2H3,(H,23,25)/t20-/m0/s1. The summed E-state index contributed by atoms with van der Waals surface area (Å²) in [6.45, 7) is 3.99. The van der Waals surface area contributed by atoms with Crippen LogP contribution >= 0.6 is 0 Å². The van der Waals surface area contributed by atoms with E-state index in [0.717, 1.165) is 0 Å². The van der Waals surface area contributed by atoms with E-state index in [2.05, 4.69) is 5.32 Å². The SMILES string of the molecule is CC[C@H](Oc1cccc(OC)c1)C(=O)Nc1ccccc1C(=O)N1CCOCC1. The zero-order valence-electron chi connectivity index (χ0n) is 16.7. The molecule has 1 aliphatic rings. The third kappa shape index (κ3) is 5.26. The van der Waals surface area contributed by atoms with Gasteiger partial charge < -0.3 is 24.4 Å². The van der Waals surface area contributed by atoms with Crippen LogP contribution in [0.4, 0.5) is 5.69 Å². The summed E-state index contributed by atoms with van der Waals surface area (Å²) in [5.41, 5.74) is 0.931. The van der Waals surface area contributed by atoms with E-state index >= 15 is 0 Å². The molecule has 0 aromatic heterocycles. The van der Waals surface area contributed by atoms with Gasteiger partial charge >= 0.3 is 0 Å². The number of rotatable bonds is 7. The minimum Gasteiger partial charge on any atom is -0.497 e. The molecule has 7 heteroatoms. The van der Waals surface area contributed by atoms with Gasteiger partial charge in [-0.3, -0.25) is 9.59 Å². The van der Waals surface area contributed by atoms with E-state index in [-0.39, 0.29) is 11.8 Å². The molecule has 29 heavy (non-hydrogen) atoms. The molecule has 1 aliphatic heterocycles. The van der Waals surface area contributed by atoms with Crippen molar-refractivity contribution in [2.24, 2.45) is 0 Å². The Morgan fingerprint density at radius 2 is 1.83 bits per heavy atom. The van der Waals surface area contributed by atoms with Crippen molar-refractivity contribution in [3.63, 3.8) is 0 Å². The molecule has 0 bridgehead atoms. The quantitative estimate of drug-likeness (QED) is 0.776. The Bertz CT molecular complexity index is 849. The van der Waals surface area contributed by atoms with Crippen LogP contribution in [-0.4, -0.2) is 56.2 Å². The van der Waals surface area contributed by atoms with E-state index < -0.39 is 6.10 Å². The molecule has 1 saturated heterocycles. The van der Waals surface area contributed by atoms with Gasteiger partial charge in [-0.25, -0.2) is 0 Å². The minimum absolute atomic E-state index is 0.119. The van der Waals surface area contributed by atoms with Crippen LogP contribution in [0.3, 0.4) is 0 Å². The molecular weight excluding hydrogens is 372 g/mol. The van der Waals surface area contributed by atoms with Gasteiger partial charge in [-0.05, 0) is 30.7 Å². The summed E-state index contributed by atoms with van der Waals surface area (Å²) < 4.78 is 16.4. The first-order valence-electron chi connectivity index (χ1n) is 9.70. The number of amides is 2. The molecule has 1 heterocycles. The second-order valence-corrected chi connectivity index (χ2v) is 6.63. The predicted octanol–water partition coefficient (Wildman–Crippen LogP) is 2.96. The van der Waals surface area contributed by atoms with Crippen LogP contribution in [0.5, 0.6) is 11.5 Å². The van der Waals surface area contributed by atoms with Gasteiger partial charge in [0.2, 0.25) is 0 Å². The molecule has 0 unspecified atom stereocenters. The molecule has 1 atom stereocenters. The first-order valence-corrected chi connectivity index (χ1v) is 9.70. The van der Waals surface area contributed by atoms with Crippen LogP contribution in [0.25, 0.3) is 0 Å². The van der Waals surface area contributed by atoms with Crippen LogP contribution in [0, 0.1) is 0 Å². The number of hydrogen-bond acceptors (Lipinski definition) is 5. The molecular formula is C22H26N2O5. The number of para-hydroxylation sites is 1. The minimum atomic E-state index is -0.700. The third-order valence-corrected chi connectivity index (χ3v) is 4.70. The molecule has 154 valence electrons. The van der Waals surface area contributed by atoms with Crippen LogP contribution in [0.15, 0.2) is 48.5 Å². The smallest absolute Gasteiger partial charge is 0.265 e. The van der Waals surface area contributed by atoms with Gasteiger partial charge in [0.25, 0.3) is 11.8 Å². The van der Waals surface area contributed by atoms with Crippen molar-refractivity contribution in [3.8, 4) is 11.5 Å². The second kappa shape index (κ2) is 9.93. The monoisotopic (exact) mass is 398 g/mol. The lowest BCUT2D eigenvalue weighted by molar-refractivity contribution is -0.122. The molecule has 3 rings (SSSR count). The van der Waals surface area contributed by atoms with E-state index in [1.165, 1.54) is 0 Å². The van der Waals surface area contributed by atoms with E-state index in [1.54, 1.807) is 60.5 Å². The maximum atomic E-state index is 12.9. The number of benzene rings is 2. The summed E-state index contributed by atoms with van der Waals surface area (Å²) in [5.74, 6) is 0.770. The molecule has 7 nitrogen and oxygen atoms in total. The van der Waals surface area contributed by atoms with Crippen molar-refractivity contribution in [1.82, 2.24) is 4.90 Å². The van der Waals surface area contributed by atoms with Crippen molar-refractivity contribution in [1.29, 1.82) is 0 Å². The van der Waals surface area contributed by atoms with Gasteiger partial charge in [-0.2, -0.15) is 0 Å². The number of hydrogen-bond donors (Lipinski definition) is 1. The molecule has 0 radical (unpaired) electrons. The largest absolute Gasteiger partial charge is 0.497 e. The third-order valence-electron chi connectivity index (χ3n) is 4.70. The maximum Gasteiger partial charge on any atom is 0.265 e. The zero-order chi connectivity index (χ0) is 20.6. The van der Waals surface area contributed by atoms with Gasteiger partial charge in [0, 0.05) is 19.2 Å². The van der Waals surface area contributed by atoms with Gasteiger partial charge in [0.05, 0.1) is 31.6 Å². The van der Waals surface area contributed by atoms with Crippen molar-refractivity contribution >= 4 is 17.5 Å². The topological polar surface area (TPSA) is 77.1 Å². The first-order chi connectivity index (χ1) is 14.1. The average molecular weight is 398 g/mol. The Morgan fingerprint density at radius 1 is 1.10 bits per heavy atom. The number of carbonyl (C=O) groups excluding carboxylic acids is 2. The van der Waals surface area contributed by atoms with Crippen molar-refractivity contribution in [2.75, 3.05) is 38.7 Å². The molecule has 1 N–H and O–H groups in total. The van der Waals surface area contributed by atoms with Gasteiger partial charge in [-0.15, -0.1) is 0 Å². The highest BCUT2D eigenvalue weighted by atomic mass is 16.5. The highest BCUT2D eigenvalue weighted by Crippen LogP contribution is 2.22. The summed E-state index contributed by atoms with van der Waals surface area (Å²) in [6.07, 6.45) is -0.226. The molecule has 0 aliphatic carbocycles.